The van der Waals surface area contributed by atoms with E-state index in [0.717, 1.165) is 21.9 Å². The summed E-state index contributed by atoms with van der Waals surface area (Å²) in [6.07, 6.45) is 0. The first kappa shape index (κ1) is 14.8. The lowest BCUT2D eigenvalue weighted by Gasteiger charge is -2.32. The second-order valence-electron chi connectivity index (χ2n) is 5.26. The van der Waals surface area contributed by atoms with Crippen LogP contribution in [0.1, 0.15) is 12.5 Å². The number of methoxy groups -OCH3 is 1. The highest BCUT2D eigenvalue weighted by Crippen LogP contribution is 2.40. The number of benzene rings is 2. The van der Waals surface area contributed by atoms with E-state index in [9.17, 15) is 4.79 Å². The fourth-order valence-corrected chi connectivity index (χ4v) is 3.55. The lowest BCUT2D eigenvalue weighted by Crippen LogP contribution is -2.39. The zero-order chi connectivity index (χ0) is 15.7. The summed E-state index contributed by atoms with van der Waals surface area (Å²) in [7, 11) is 1.64. The molecule has 0 bridgehead atoms. The molecule has 5 heteroatoms. The zero-order valence-corrected chi connectivity index (χ0v) is 13.4. The Morgan fingerprint density at radius 3 is 2.64 bits per heavy atom. The molecule has 2 N–H and O–H groups in total. The third-order valence-corrected chi connectivity index (χ3v) is 4.85. The van der Waals surface area contributed by atoms with Crippen LogP contribution >= 0.6 is 11.8 Å². The lowest BCUT2D eigenvalue weighted by atomic mass is 10.1. The molecular formula is C17H18N2O2S. The molecule has 2 aromatic carbocycles. The Morgan fingerprint density at radius 1 is 1.23 bits per heavy atom. The van der Waals surface area contributed by atoms with Crippen LogP contribution in [-0.2, 0) is 11.3 Å². The summed E-state index contributed by atoms with van der Waals surface area (Å²) in [4.78, 5) is 15.5. The van der Waals surface area contributed by atoms with Gasteiger partial charge in [-0.05, 0) is 42.8 Å². The zero-order valence-electron chi connectivity index (χ0n) is 12.6. The van der Waals surface area contributed by atoms with Gasteiger partial charge in [0.2, 0.25) is 5.91 Å². The number of hydrogen-bond donors (Lipinski definition) is 1. The molecule has 0 aromatic heterocycles. The number of thioether (sulfide) groups is 1. The van der Waals surface area contributed by atoms with Crippen molar-refractivity contribution in [2.45, 2.75) is 23.6 Å². The minimum atomic E-state index is -0.0885. The van der Waals surface area contributed by atoms with Crippen LogP contribution in [0.5, 0.6) is 5.75 Å². The summed E-state index contributed by atoms with van der Waals surface area (Å²) in [6.45, 7) is 2.47. The number of fused-ring (bicyclic) bond motifs is 1. The number of nitrogens with zero attached hydrogens (tertiary/aromatic N) is 1. The van der Waals surface area contributed by atoms with Gasteiger partial charge in [0.25, 0.3) is 0 Å². The number of nitrogen functional groups attached to an aromatic ring is 1. The molecule has 0 spiro atoms. The first-order valence-corrected chi connectivity index (χ1v) is 7.97. The number of hydrogen-bond acceptors (Lipinski definition) is 4. The number of anilines is 2. The van der Waals surface area contributed by atoms with Gasteiger partial charge in [0, 0.05) is 10.6 Å². The number of carbonyl (C=O) groups is 1. The van der Waals surface area contributed by atoms with Crippen molar-refractivity contribution in [3.8, 4) is 5.75 Å². The van der Waals surface area contributed by atoms with E-state index < -0.39 is 0 Å². The number of rotatable bonds is 3. The fourth-order valence-electron chi connectivity index (χ4n) is 2.50. The molecule has 1 unspecified atom stereocenters. The van der Waals surface area contributed by atoms with Crippen LogP contribution in [0.15, 0.2) is 47.4 Å². The Morgan fingerprint density at radius 2 is 1.95 bits per heavy atom. The average Bonchev–Trinajstić information content (AvgIpc) is 2.53. The van der Waals surface area contributed by atoms with Crippen molar-refractivity contribution in [3.63, 3.8) is 0 Å². The van der Waals surface area contributed by atoms with E-state index in [1.54, 1.807) is 18.9 Å². The number of nitrogens with two attached hydrogens (primary N) is 1. The highest BCUT2D eigenvalue weighted by molar-refractivity contribution is 8.00. The van der Waals surface area contributed by atoms with Crippen molar-refractivity contribution in [2.24, 2.45) is 0 Å². The van der Waals surface area contributed by atoms with Crippen LogP contribution in [0.2, 0.25) is 0 Å². The molecule has 1 aliphatic heterocycles. The Kier molecular flexibility index (Phi) is 3.98. The minimum absolute atomic E-state index is 0.0885. The summed E-state index contributed by atoms with van der Waals surface area (Å²) in [5.41, 5.74) is 8.51. The van der Waals surface area contributed by atoms with Crippen molar-refractivity contribution >= 4 is 29.0 Å². The molecule has 2 aromatic rings. The Hall–Kier alpha value is -2.14. The first-order chi connectivity index (χ1) is 10.6. The lowest BCUT2D eigenvalue weighted by molar-refractivity contribution is -0.118. The molecule has 1 amide bonds. The van der Waals surface area contributed by atoms with E-state index in [2.05, 4.69) is 0 Å². The Bertz CT molecular complexity index is 700. The van der Waals surface area contributed by atoms with E-state index in [1.165, 1.54) is 0 Å². The molecule has 1 heterocycles. The van der Waals surface area contributed by atoms with Crippen LogP contribution in [0.3, 0.4) is 0 Å². The first-order valence-electron chi connectivity index (χ1n) is 7.09. The van der Waals surface area contributed by atoms with Crippen LogP contribution in [0.4, 0.5) is 11.4 Å². The number of carbonyl (C=O) groups excluding carboxylic acids is 1. The average molecular weight is 314 g/mol. The highest BCUT2D eigenvalue weighted by atomic mass is 32.2. The maximum Gasteiger partial charge on any atom is 0.240 e. The summed E-state index contributed by atoms with van der Waals surface area (Å²) in [5.74, 6) is 0.918. The van der Waals surface area contributed by atoms with E-state index in [0.29, 0.717) is 12.2 Å². The normalized spacial score (nSPS) is 17.3. The van der Waals surface area contributed by atoms with Gasteiger partial charge in [-0.15, -0.1) is 11.8 Å². The van der Waals surface area contributed by atoms with Gasteiger partial charge in [-0.2, -0.15) is 0 Å². The minimum Gasteiger partial charge on any atom is -0.497 e. The smallest absolute Gasteiger partial charge is 0.240 e. The summed E-state index contributed by atoms with van der Waals surface area (Å²) in [5, 5.41) is -0.0885. The van der Waals surface area contributed by atoms with Crippen molar-refractivity contribution in [1.82, 2.24) is 0 Å². The van der Waals surface area contributed by atoms with Crippen molar-refractivity contribution in [2.75, 3.05) is 17.7 Å². The van der Waals surface area contributed by atoms with Gasteiger partial charge >= 0.3 is 0 Å². The molecule has 0 saturated carbocycles. The van der Waals surface area contributed by atoms with Gasteiger partial charge in [-0.25, -0.2) is 0 Å². The van der Waals surface area contributed by atoms with Gasteiger partial charge < -0.3 is 15.4 Å². The number of amides is 1. The molecule has 0 saturated heterocycles. The van der Waals surface area contributed by atoms with Crippen molar-refractivity contribution < 1.29 is 9.53 Å². The third-order valence-electron chi connectivity index (χ3n) is 3.69. The summed E-state index contributed by atoms with van der Waals surface area (Å²) >= 11 is 1.58. The van der Waals surface area contributed by atoms with Crippen LogP contribution in [-0.4, -0.2) is 18.3 Å². The van der Waals surface area contributed by atoms with Crippen molar-refractivity contribution in [3.05, 3.63) is 48.0 Å². The second-order valence-corrected chi connectivity index (χ2v) is 6.64. The molecular weight excluding hydrogens is 296 g/mol. The SMILES string of the molecule is COc1ccc(CN2C(=O)C(C)Sc3ccc(N)cc32)cc1. The van der Waals surface area contributed by atoms with E-state index in [1.807, 2.05) is 54.3 Å². The third kappa shape index (κ3) is 2.76. The topological polar surface area (TPSA) is 55.6 Å². The van der Waals surface area contributed by atoms with Crippen molar-refractivity contribution in [1.29, 1.82) is 0 Å². The van der Waals surface area contributed by atoms with E-state index in [-0.39, 0.29) is 11.2 Å². The predicted molar refractivity (Wildman–Crippen MR) is 90.4 cm³/mol. The Labute approximate surface area is 134 Å². The molecule has 0 fully saturated rings. The maximum atomic E-state index is 12.6. The molecule has 1 atom stereocenters. The van der Waals surface area contributed by atoms with Gasteiger partial charge in [0.15, 0.2) is 0 Å². The van der Waals surface area contributed by atoms with E-state index >= 15 is 0 Å². The quantitative estimate of drug-likeness (QED) is 0.883. The summed E-state index contributed by atoms with van der Waals surface area (Å²) < 4.78 is 5.17. The Balaban J connectivity index is 1.94. The molecule has 1 aliphatic rings. The van der Waals surface area contributed by atoms with Gasteiger partial charge in [0.05, 0.1) is 24.6 Å². The van der Waals surface area contributed by atoms with Gasteiger partial charge in [0.1, 0.15) is 5.75 Å². The van der Waals surface area contributed by atoms with Crippen LogP contribution in [0, 0.1) is 0 Å². The predicted octanol–water partition coefficient (Wildman–Crippen LogP) is 3.30. The number of ether oxygens (including phenoxy) is 1. The standard InChI is InChI=1S/C17H18N2O2S/c1-11-17(20)19(10-12-3-6-14(21-2)7-4-12)15-9-13(18)5-8-16(15)22-11/h3-9,11H,10,18H2,1-2H3. The highest BCUT2D eigenvalue weighted by Gasteiger charge is 2.30. The molecule has 114 valence electrons. The van der Waals surface area contributed by atoms with Gasteiger partial charge in [-0.1, -0.05) is 12.1 Å². The molecule has 22 heavy (non-hydrogen) atoms. The monoisotopic (exact) mass is 314 g/mol. The van der Waals surface area contributed by atoms with Gasteiger partial charge in [-0.3, -0.25) is 4.79 Å². The van der Waals surface area contributed by atoms with Crippen LogP contribution in [0.25, 0.3) is 0 Å². The molecule has 0 aliphatic carbocycles. The fraction of sp³-hybridized carbons (Fsp3) is 0.235. The van der Waals surface area contributed by atoms with E-state index in [4.69, 9.17) is 10.5 Å². The maximum absolute atomic E-state index is 12.6. The molecule has 0 radical (unpaired) electrons. The summed E-state index contributed by atoms with van der Waals surface area (Å²) in [6, 6.07) is 13.5. The largest absolute Gasteiger partial charge is 0.497 e. The van der Waals surface area contributed by atoms with Crippen LogP contribution < -0.4 is 15.4 Å². The second kappa shape index (κ2) is 5.93. The molecule has 4 nitrogen and oxygen atoms in total. The molecule has 3 rings (SSSR count).